The molecule has 0 unspecified atom stereocenters. The highest BCUT2D eigenvalue weighted by Gasteiger charge is 2.14. The molecule has 0 aromatic carbocycles. The van der Waals surface area contributed by atoms with E-state index in [2.05, 4.69) is 25.2 Å². The van der Waals surface area contributed by atoms with E-state index in [-0.39, 0.29) is 5.91 Å². The molecule has 0 aliphatic carbocycles. The van der Waals surface area contributed by atoms with Crippen LogP contribution in [-0.2, 0) is 6.54 Å². The molecule has 3 heterocycles. The number of rotatable bonds is 4. The van der Waals surface area contributed by atoms with E-state index in [0.717, 1.165) is 30.2 Å². The average Bonchev–Trinajstić information content (AvgIpc) is 3.08. The lowest BCUT2D eigenvalue weighted by Crippen LogP contribution is -2.24. The van der Waals surface area contributed by atoms with Crippen LogP contribution in [0.25, 0.3) is 0 Å². The zero-order chi connectivity index (χ0) is 15.4. The summed E-state index contributed by atoms with van der Waals surface area (Å²) in [6, 6.07) is 3.95. The topological polar surface area (TPSA) is 71.0 Å². The van der Waals surface area contributed by atoms with Crippen molar-refractivity contribution in [1.82, 2.24) is 20.3 Å². The molecule has 2 aromatic rings. The van der Waals surface area contributed by atoms with Crippen LogP contribution in [0.1, 0.15) is 34.6 Å². The van der Waals surface area contributed by atoms with Gasteiger partial charge in [-0.25, -0.2) is 9.97 Å². The number of nitrogens with zero attached hydrogens (tertiary/aromatic N) is 4. The van der Waals surface area contributed by atoms with Crippen molar-refractivity contribution in [3.63, 3.8) is 0 Å². The van der Waals surface area contributed by atoms with Gasteiger partial charge in [0, 0.05) is 32.0 Å². The maximum atomic E-state index is 12.0. The normalized spacial score (nSPS) is 14.1. The Morgan fingerprint density at radius 2 is 2.05 bits per heavy atom. The van der Waals surface area contributed by atoms with E-state index >= 15 is 0 Å². The molecule has 0 spiro atoms. The monoisotopic (exact) mass is 297 g/mol. The van der Waals surface area contributed by atoms with Gasteiger partial charge in [-0.1, -0.05) is 0 Å². The summed E-state index contributed by atoms with van der Waals surface area (Å²) >= 11 is 0. The fraction of sp³-hybridized carbons (Fsp3) is 0.375. The molecule has 0 saturated carbocycles. The van der Waals surface area contributed by atoms with Crippen LogP contribution >= 0.6 is 0 Å². The Morgan fingerprint density at radius 3 is 2.77 bits per heavy atom. The maximum absolute atomic E-state index is 12.0. The fourth-order valence-corrected chi connectivity index (χ4v) is 2.47. The third-order valence-corrected chi connectivity index (χ3v) is 3.71. The van der Waals surface area contributed by atoms with E-state index in [4.69, 9.17) is 0 Å². The lowest BCUT2D eigenvalue weighted by Gasteiger charge is -2.16. The third kappa shape index (κ3) is 3.39. The Bertz CT molecular complexity index is 650. The van der Waals surface area contributed by atoms with Crippen LogP contribution in [-0.4, -0.2) is 33.9 Å². The van der Waals surface area contributed by atoms with Gasteiger partial charge in [0.15, 0.2) is 0 Å². The highest BCUT2D eigenvalue weighted by molar-refractivity contribution is 5.91. The molecule has 22 heavy (non-hydrogen) atoms. The van der Waals surface area contributed by atoms with Crippen LogP contribution in [0.5, 0.6) is 0 Å². The van der Waals surface area contributed by atoms with Gasteiger partial charge < -0.3 is 10.2 Å². The number of pyridine rings is 1. The molecular formula is C16H19N5O. The Balaban J connectivity index is 1.62. The lowest BCUT2D eigenvalue weighted by molar-refractivity contribution is 0.0945. The highest BCUT2D eigenvalue weighted by Crippen LogP contribution is 2.18. The van der Waals surface area contributed by atoms with Crippen molar-refractivity contribution in [3.05, 3.63) is 47.7 Å². The molecule has 1 amide bonds. The molecule has 1 aliphatic heterocycles. The SMILES string of the molecule is Cc1cnc(C(=O)NCc2ccnc(N3CCCC3)c2)cn1. The highest BCUT2D eigenvalue weighted by atomic mass is 16.1. The second kappa shape index (κ2) is 6.51. The van der Waals surface area contributed by atoms with Crippen LogP contribution in [0.3, 0.4) is 0 Å². The van der Waals surface area contributed by atoms with Crippen molar-refractivity contribution >= 4 is 11.7 Å². The summed E-state index contributed by atoms with van der Waals surface area (Å²) in [5.74, 6) is 0.770. The van der Waals surface area contributed by atoms with Gasteiger partial charge in [-0.05, 0) is 37.5 Å². The largest absolute Gasteiger partial charge is 0.357 e. The number of aryl methyl sites for hydroxylation is 1. The minimum atomic E-state index is -0.216. The molecule has 1 N–H and O–H groups in total. The van der Waals surface area contributed by atoms with Gasteiger partial charge in [0.05, 0.1) is 11.9 Å². The van der Waals surface area contributed by atoms with Gasteiger partial charge in [-0.3, -0.25) is 9.78 Å². The summed E-state index contributed by atoms with van der Waals surface area (Å²) in [6.07, 6.45) is 7.31. The van der Waals surface area contributed by atoms with Crippen molar-refractivity contribution in [1.29, 1.82) is 0 Å². The van der Waals surface area contributed by atoms with Gasteiger partial charge in [-0.2, -0.15) is 0 Å². The molecule has 1 fully saturated rings. The Morgan fingerprint density at radius 1 is 1.23 bits per heavy atom. The van der Waals surface area contributed by atoms with E-state index in [0.29, 0.717) is 12.2 Å². The van der Waals surface area contributed by atoms with Crippen LogP contribution in [0, 0.1) is 6.92 Å². The number of carbonyl (C=O) groups is 1. The minimum absolute atomic E-state index is 0.216. The Kier molecular flexibility index (Phi) is 4.27. The molecule has 0 radical (unpaired) electrons. The molecule has 114 valence electrons. The number of hydrogen-bond acceptors (Lipinski definition) is 5. The first-order chi connectivity index (χ1) is 10.7. The average molecular weight is 297 g/mol. The second-order valence-electron chi connectivity index (χ2n) is 5.44. The smallest absolute Gasteiger partial charge is 0.271 e. The van der Waals surface area contributed by atoms with Crippen molar-refractivity contribution < 1.29 is 4.79 Å². The maximum Gasteiger partial charge on any atom is 0.271 e. The number of aromatic nitrogens is 3. The molecule has 6 nitrogen and oxygen atoms in total. The Labute approximate surface area is 129 Å². The Hall–Kier alpha value is -2.50. The number of amides is 1. The van der Waals surface area contributed by atoms with Crippen LogP contribution < -0.4 is 10.2 Å². The molecule has 6 heteroatoms. The van der Waals surface area contributed by atoms with Crippen molar-refractivity contribution in [3.8, 4) is 0 Å². The number of hydrogen-bond donors (Lipinski definition) is 1. The van der Waals surface area contributed by atoms with Gasteiger partial charge in [0.25, 0.3) is 5.91 Å². The summed E-state index contributed by atoms with van der Waals surface area (Å²) in [5, 5.41) is 2.86. The van der Waals surface area contributed by atoms with Crippen LogP contribution in [0.15, 0.2) is 30.7 Å². The molecule has 1 aliphatic rings. The molecular weight excluding hydrogens is 278 g/mol. The summed E-state index contributed by atoms with van der Waals surface area (Å²) in [4.78, 5) is 26.9. The summed E-state index contributed by atoms with van der Waals surface area (Å²) in [6.45, 7) is 4.41. The summed E-state index contributed by atoms with van der Waals surface area (Å²) in [7, 11) is 0. The van der Waals surface area contributed by atoms with Gasteiger partial charge in [-0.15, -0.1) is 0 Å². The zero-order valence-electron chi connectivity index (χ0n) is 12.6. The summed E-state index contributed by atoms with van der Waals surface area (Å²) < 4.78 is 0. The molecule has 1 saturated heterocycles. The van der Waals surface area contributed by atoms with E-state index in [1.807, 2.05) is 19.1 Å². The first kappa shape index (κ1) is 14.4. The van der Waals surface area contributed by atoms with Gasteiger partial charge in [0.1, 0.15) is 11.5 Å². The number of anilines is 1. The van der Waals surface area contributed by atoms with Gasteiger partial charge >= 0.3 is 0 Å². The molecule has 3 rings (SSSR count). The van der Waals surface area contributed by atoms with Crippen LogP contribution in [0.4, 0.5) is 5.82 Å². The van der Waals surface area contributed by atoms with Crippen molar-refractivity contribution in [2.75, 3.05) is 18.0 Å². The quantitative estimate of drug-likeness (QED) is 0.930. The predicted octanol–water partition coefficient (Wildman–Crippen LogP) is 1.71. The first-order valence-corrected chi connectivity index (χ1v) is 7.49. The first-order valence-electron chi connectivity index (χ1n) is 7.49. The predicted molar refractivity (Wildman–Crippen MR) is 83.6 cm³/mol. The molecule has 2 aromatic heterocycles. The number of nitrogens with one attached hydrogen (secondary N) is 1. The standard InChI is InChI=1S/C16H19N5O/c1-12-9-19-14(11-18-12)16(22)20-10-13-4-5-17-15(8-13)21-6-2-3-7-21/h4-5,8-9,11H,2-3,6-7,10H2,1H3,(H,20,22). The third-order valence-electron chi connectivity index (χ3n) is 3.71. The van der Waals surface area contributed by atoms with Gasteiger partial charge in [0.2, 0.25) is 0 Å². The van der Waals surface area contributed by atoms with Crippen LogP contribution in [0.2, 0.25) is 0 Å². The zero-order valence-corrected chi connectivity index (χ0v) is 12.6. The molecule has 0 bridgehead atoms. The van der Waals surface area contributed by atoms with E-state index in [9.17, 15) is 4.79 Å². The minimum Gasteiger partial charge on any atom is -0.357 e. The van der Waals surface area contributed by atoms with E-state index in [1.54, 1.807) is 12.4 Å². The fourth-order valence-electron chi connectivity index (χ4n) is 2.47. The van der Waals surface area contributed by atoms with E-state index in [1.165, 1.54) is 19.0 Å². The summed E-state index contributed by atoms with van der Waals surface area (Å²) in [5.41, 5.74) is 2.16. The van der Waals surface area contributed by atoms with Crippen molar-refractivity contribution in [2.24, 2.45) is 0 Å². The van der Waals surface area contributed by atoms with Crippen molar-refractivity contribution in [2.45, 2.75) is 26.3 Å². The van der Waals surface area contributed by atoms with E-state index < -0.39 is 0 Å². The molecule has 0 atom stereocenters. The number of carbonyl (C=O) groups excluding carboxylic acids is 1. The lowest BCUT2D eigenvalue weighted by atomic mass is 10.2. The second-order valence-corrected chi connectivity index (χ2v) is 5.44.